The molecule has 0 saturated heterocycles. The molecule has 0 aliphatic rings. The highest BCUT2D eigenvalue weighted by Crippen LogP contribution is 2.16. The summed E-state index contributed by atoms with van der Waals surface area (Å²) in [5, 5.41) is 11.6. The van der Waals surface area contributed by atoms with Gasteiger partial charge < -0.3 is 10.4 Å². The van der Waals surface area contributed by atoms with Crippen LogP contribution in [0.4, 0.5) is 0 Å². The maximum Gasteiger partial charge on any atom is 0.345 e. The fourth-order valence-electron chi connectivity index (χ4n) is 1.32. The Morgan fingerprint density at radius 1 is 1.31 bits per heavy atom. The van der Waals surface area contributed by atoms with Crippen molar-refractivity contribution in [3.8, 4) is 0 Å². The lowest BCUT2D eigenvalue weighted by Gasteiger charge is -2.13. The van der Waals surface area contributed by atoms with E-state index < -0.39 is 5.97 Å². The number of carbonyl (C=O) groups is 2. The molecular formula is C11H15NO3S. The molecule has 1 heterocycles. The molecule has 1 aromatic rings. The molecule has 2 N–H and O–H groups in total. The molecule has 88 valence electrons. The van der Waals surface area contributed by atoms with Gasteiger partial charge in [-0.25, -0.2) is 4.79 Å². The lowest BCUT2D eigenvalue weighted by Crippen LogP contribution is -2.33. The highest BCUT2D eigenvalue weighted by molar-refractivity contribution is 7.15. The maximum absolute atomic E-state index is 11.7. The van der Waals surface area contributed by atoms with Crippen molar-refractivity contribution in [3.63, 3.8) is 0 Å². The average molecular weight is 241 g/mol. The molecule has 1 amide bonds. The Bertz CT molecular complexity index is 382. The number of thiophene rings is 1. The van der Waals surface area contributed by atoms with Crippen molar-refractivity contribution in [3.05, 3.63) is 21.9 Å². The minimum absolute atomic E-state index is 0.155. The van der Waals surface area contributed by atoms with Crippen LogP contribution in [0, 0.1) is 0 Å². The predicted molar refractivity (Wildman–Crippen MR) is 63.1 cm³/mol. The van der Waals surface area contributed by atoms with E-state index in [1.165, 1.54) is 6.07 Å². The number of carboxylic acid groups (broad SMARTS) is 1. The van der Waals surface area contributed by atoms with Crippen molar-refractivity contribution in [1.82, 2.24) is 5.32 Å². The van der Waals surface area contributed by atoms with Crippen LogP contribution in [0.3, 0.4) is 0 Å². The van der Waals surface area contributed by atoms with E-state index in [1.54, 1.807) is 6.07 Å². The second-order valence-electron chi connectivity index (χ2n) is 3.46. The van der Waals surface area contributed by atoms with Crippen LogP contribution in [0.25, 0.3) is 0 Å². The largest absolute Gasteiger partial charge is 0.477 e. The smallest absolute Gasteiger partial charge is 0.345 e. The van der Waals surface area contributed by atoms with Crippen molar-refractivity contribution in [2.45, 2.75) is 32.7 Å². The van der Waals surface area contributed by atoms with E-state index in [1.807, 2.05) is 13.8 Å². The first-order chi connectivity index (χ1) is 7.58. The van der Waals surface area contributed by atoms with E-state index >= 15 is 0 Å². The number of nitrogens with one attached hydrogen (secondary N) is 1. The molecule has 0 atom stereocenters. The molecule has 0 fully saturated rings. The molecule has 0 aromatic carbocycles. The molecule has 0 unspecified atom stereocenters. The monoisotopic (exact) mass is 241 g/mol. The predicted octanol–water partition coefficient (Wildman–Crippen LogP) is 2.36. The number of amides is 1. The van der Waals surface area contributed by atoms with Crippen LogP contribution in [0.2, 0.25) is 0 Å². The molecular weight excluding hydrogens is 226 g/mol. The van der Waals surface area contributed by atoms with Crippen LogP contribution in [-0.2, 0) is 0 Å². The summed E-state index contributed by atoms with van der Waals surface area (Å²) >= 11 is 1.00. The van der Waals surface area contributed by atoms with Gasteiger partial charge in [-0.2, -0.15) is 0 Å². The first-order valence-electron chi connectivity index (χ1n) is 5.22. The molecule has 0 aliphatic carbocycles. The minimum atomic E-state index is -0.994. The van der Waals surface area contributed by atoms with Crippen LogP contribution in [0.1, 0.15) is 46.0 Å². The zero-order valence-corrected chi connectivity index (χ0v) is 10.1. The topological polar surface area (TPSA) is 66.4 Å². The number of carboxylic acids is 1. The normalized spacial score (nSPS) is 10.4. The Morgan fingerprint density at radius 3 is 2.31 bits per heavy atom. The van der Waals surface area contributed by atoms with Crippen LogP contribution in [0.5, 0.6) is 0 Å². The highest BCUT2D eigenvalue weighted by Gasteiger charge is 2.14. The van der Waals surface area contributed by atoms with E-state index in [9.17, 15) is 9.59 Å². The van der Waals surface area contributed by atoms with Gasteiger partial charge in [0.05, 0.1) is 4.88 Å². The molecule has 5 heteroatoms. The molecule has 0 saturated carbocycles. The van der Waals surface area contributed by atoms with Gasteiger partial charge in [0.1, 0.15) is 4.88 Å². The third-order valence-corrected chi connectivity index (χ3v) is 3.43. The van der Waals surface area contributed by atoms with E-state index in [0.29, 0.717) is 4.88 Å². The molecule has 0 bridgehead atoms. The number of rotatable bonds is 5. The lowest BCUT2D eigenvalue weighted by molar-refractivity contribution is 0.0702. The van der Waals surface area contributed by atoms with Gasteiger partial charge in [-0.05, 0) is 25.0 Å². The number of aromatic carboxylic acids is 1. The second-order valence-corrected chi connectivity index (χ2v) is 4.54. The summed E-state index contributed by atoms with van der Waals surface area (Å²) < 4.78 is 0. The molecule has 0 radical (unpaired) electrons. The van der Waals surface area contributed by atoms with Gasteiger partial charge in [-0.1, -0.05) is 13.8 Å². The van der Waals surface area contributed by atoms with Gasteiger partial charge in [0.15, 0.2) is 0 Å². The zero-order chi connectivity index (χ0) is 12.1. The van der Waals surface area contributed by atoms with Crippen LogP contribution >= 0.6 is 11.3 Å². The van der Waals surface area contributed by atoms with Crippen molar-refractivity contribution in [2.75, 3.05) is 0 Å². The summed E-state index contributed by atoms with van der Waals surface area (Å²) in [6.07, 6.45) is 1.75. The van der Waals surface area contributed by atoms with Gasteiger partial charge in [-0.3, -0.25) is 4.79 Å². The van der Waals surface area contributed by atoms with Gasteiger partial charge in [0.2, 0.25) is 0 Å². The van der Waals surface area contributed by atoms with Crippen LogP contribution in [0.15, 0.2) is 12.1 Å². The Hall–Kier alpha value is -1.36. The molecule has 1 rings (SSSR count). The van der Waals surface area contributed by atoms with Crippen LogP contribution < -0.4 is 5.32 Å². The quantitative estimate of drug-likeness (QED) is 0.831. The van der Waals surface area contributed by atoms with E-state index in [0.717, 1.165) is 24.2 Å². The van der Waals surface area contributed by atoms with Crippen molar-refractivity contribution in [2.24, 2.45) is 0 Å². The molecule has 0 aliphatic heterocycles. The summed E-state index contributed by atoms with van der Waals surface area (Å²) in [4.78, 5) is 23.0. The van der Waals surface area contributed by atoms with Crippen molar-refractivity contribution in [1.29, 1.82) is 0 Å². The number of hydrogen-bond donors (Lipinski definition) is 2. The molecule has 4 nitrogen and oxygen atoms in total. The number of carbonyl (C=O) groups excluding carboxylic acids is 1. The SMILES string of the molecule is CCC(CC)NC(=O)c1ccc(C(=O)O)s1. The summed E-state index contributed by atoms with van der Waals surface area (Å²) in [5.41, 5.74) is 0. The number of hydrogen-bond acceptors (Lipinski definition) is 3. The Balaban J connectivity index is 2.69. The lowest BCUT2D eigenvalue weighted by atomic mass is 10.2. The third-order valence-electron chi connectivity index (χ3n) is 2.36. The minimum Gasteiger partial charge on any atom is -0.477 e. The molecule has 0 spiro atoms. The Morgan fingerprint density at radius 2 is 1.88 bits per heavy atom. The van der Waals surface area contributed by atoms with E-state index in [-0.39, 0.29) is 16.8 Å². The van der Waals surface area contributed by atoms with E-state index in [4.69, 9.17) is 5.11 Å². The van der Waals surface area contributed by atoms with Gasteiger partial charge in [0, 0.05) is 6.04 Å². The van der Waals surface area contributed by atoms with Gasteiger partial charge >= 0.3 is 5.97 Å². The molecule has 1 aromatic heterocycles. The maximum atomic E-state index is 11.7. The zero-order valence-electron chi connectivity index (χ0n) is 9.32. The summed E-state index contributed by atoms with van der Waals surface area (Å²) in [6.45, 7) is 4.01. The fourth-order valence-corrected chi connectivity index (χ4v) is 2.07. The average Bonchev–Trinajstić information content (AvgIpc) is 2.74. The van der Waals surface area contributed by atoms with Gasteiger partial charge in [-0.15, -0.1) is 11.3 Å². The first kappa shape index (κ1) is 12.7. The highest BCUT2D eigenvalue weighted by atomic mass is 32.1. The fraction of sp³-hybridized carbons (Fsp3) is 0.455. The Kier molecular flexibility index (Phi) is 4.49. The third kappa shape index (κ3) is 3.06. The Labute approximate surface area is 98.3 Å². The standard InChI is InChI=1S/C11H15NO3S/c1-3-7(4-2)12-10(13)8-5-6-9(16-8)11(14)15/h5-7H,3-4H2,1-2H3,(H,12,13)(H,14,15). The van der Waals surface area contributed by atoms with Crippen molar-refractivity contribution < 1.29 is 14.7 Å². The molecule has 16 heavy (non-hydrogen) atoms. The second kappa shape index (κ2) is 5.65. The van der Waals surface area contributed by atoms with E-state index in [2.05, 4.69) is 5.32 Å². The van der Waals surface area contributed by atoms with Crippen LogP contribution in [-0.4, -0.2) is 23.0 Å². The summed E-state index contributed by atoms with van der Waals surface area (Å²) in [7, 11) is 0. The summed E-state index contributed by atoms with van der Waals surface area (Å²) in [5.74, 6) is -1.18. The van der Waals surface area contributed by atoms with Gasteiger partial charge in [0.25, 0.3) is 5.91 Å². The summed E-state index contributed by atoms with van der Waals surface area (Å²) in [6, 6.07) is 3.16. The van der Waals surface area contributed by atoms with Crippen molar-refractivity contribution >= 4 is 23.2 Å². The first-order valence-corrected chi connectivity index (χ1v) is 6.04.